The van der Waals surface area contributed by atoms with Crippen LogP contribution in [0.1, 0.15) is 31.9 Å². The van der Waals surface area contributed by atoms with E-state index in [1.807, 2.05) is 48.5 Å². The van der Waals surface area contributed by atoms with E-state index in [0.29, 0.717) is 0 Å². The van der Waals surface area contributed by atoms with Gasteiger partial charge in [0.1, 0.15) is 0 Å². The van der Waals surface area contributed by atoms with Crippen LogP contribution < -0.4 is 9.05 Å². The molecule has 0 atom stereocenters. The van der Waals surface area contributed by atoms with Gasteiger partial charge in [-0.05, 0) is 58.9 Å². The van der Waals surface area contributed by atoms with E-state index < -0.39 is 6.42 Å². The van der Waals surface area contributed by atoms with E-state index in [1.54, 1.807) is 0 Å². The number of aryl methyl sites for hydroxylation is 2. The molecule has 4 heteroatoms. The Morgan fingerprint density at radius 1 is 0.727 bits per heavy atom. The highest BCUT2D eigenvalue weighted by Gasteiger charge is 2.56. The van der Waals surface area contributed by atoms with Crippen LogP contribution in [0.5, 0.6) is 11.5 Å². The average molecular weight is 382 g/mol. The highest BCUT2D eigenvalue weighted by atomic mass is 79.9. The second kappa shape index (κ2) is 6.60. The number of rotatable bonds is 4. The van der Waals surface area contributed by atoms with Gasteiger partial charge in [0.05, 0.1) is 0 Å². The smallest absolute Gasteiger partial charge is 0.298 e. The minimum Gasteiger partial charge on any atom is -0.298 e. The lowest BCUT2D eigenvalue weighted by atomic mass is 10.2. The van der Waals surface area contributed by atoms with Gasteiger partial charge in [0.2, 0.25) is 15.5 Å². The fourth-order valence-corrected chi connectivity index (χ4v) is 4.14. The third-order valence-corrected chi connectivity index (χ3v) is 9.84. The highest BCUT2D eigenvalue weighted by Crippen LogP contribution is 2.74. The van der Waals surface area contributed by atoms with Crippen molar-refractivity contribution >= 4 is 21.9 Å². The van der Waals surface area contributed by atoms with Gasteiger partial charge in [0, 0.05) is 0 Å². The highest BCUT2D eigenvalue weighted by molar-refractivity contribution is 9.41. The number of hydrogen-bond acceptors (Lipinski definition) is 2. The molecule has 2 nitrogen and oxygen atoms in total. The van der Waals surface area contributed by atoms with E-state index >= 15 is 0 Å². The molecule has 0 aliphatic heterocycles. The summed E-state index contributed by atoms with van der Waals surface area (Å²) in [5, 5.41) is -0.164. The molecule has 0 saturated carbocycles. The Kier molecular flexibility index (Phi) is 5.19. The van der Waals surface area contributed by atoms with Crippen molar-refractivity contribution in [2.45, 2.75) is 39.8 Å². The fourth-order valence-electron chi connectivity index (χ4n) is 1.76. The first-order valence-electron chi connectivity index (χ1n) is 7.31. The molecule has 22 heavy (non-hydrogen) atoms. The van der Waals surface area contributed by atoms with E-state index in [4.69, 9.17) is 9.05 Å². The van der Waals surface area contributed by atoms with Crippen LogP contribution >= 0.6 is 21.9 Å². The summed E-state index contributed by atoms with van der Waals surface area (Å²) in [7, 11) is 0. The van der Waals surface area contributed by atoms with E-state index in [2.05, 4.69) is 50.1 Å². The summed E-state index contributed by atoms with van der Waals surface area (Å²) in [6, 6.07) is 16.1. The quantitative estimate of drug-likeness (QED) is 0.547. The molecule has 2 aromatic rings. The molecule has 0 bridgehead atoms. The largest absolute Gasteiger partial charge is 0.435 e. The standard InChI is InChI=1S/C18H23BrO2P/c1-14-6-10-16(11-7-14)20-22(19,18(3,4)5)21-17-12-8-15(2)9-13-17/h6-13H,1-5H3/q+1. The summed E-state index contributed by atoms with van der Waals surface area (Å²) < 4.78 is 12.5. The Balaban J connectivity index is 2.27. The van der Waals surface area contributed by atoms with Crippen LogP contribution in [0, 0.1) is 13.8 Å². The Morgan fingerprint density at radius 3 is 1.32 bits per heavy atom. The predicted octanol–water partition coefficient (Wildman–Crippen LogP) is 6.72. The van der Waals surface area contributed by atoms with Crippen molar-refractivity contribution in [1.29, 1.82) is 0 Å². The van der Waals surface area contributed by atoms with Crippen LogP contribution in [0.25, 0.3) is 0 Å². The topological polar surface area (TPSA) is 18.5 Å². The Bertz CT molecular complexity index is 568. The molecule has 0 saturated heterocycles. The molecule has 0 N–H and O–H groups in total. The molecule has 0 amide bonds. The summed E-state index contributed by atoms with van der Waals surface area (Å²) in [5.41, 5.74) is 2.42. The summed E-state index contributed by atoms with van der Waals surface area (Å²) in [6.07, 6.45) is -2.31. The van der Waals surface area contributed by atoms with Gasteiger partial charge in [-0.3, -0.25) is 9.05 Å². The van der Waals surface area contributed by atoms with E-state index in [-0.39, 0.29) is 5.16 Å². The van der Waals surface area contributed by atoms with Crippen LogP contribution in [0.3, 0.4) is 0 Å². The molecule has 0 radical (unpaired) electrons. The van der Waals surface area contributed by atoms with Crippen LogP contribution in [0.2, 0.25) is 0 Å². The zero-order valence-corrected chi connectivity index (χ0v) is 16.2. The number of hydrogen-bond donors (Lipinski definition) is 0. The second-order valence-electron chi connectivity index (χ2n) is 6.46. The van der Waals surface area contributed by atoms with E-state index in [0.717, 1.165) is 11.5 Å². The maximum Gasteiger partial charge on any atom is 0.435 e. The molecule has 0 heterocycles. The van der Waals surface area contributed by atoms with Crippen LogP contribution in [-0.2, 0) is 0 Å². The molecule has 0 fully saturated rings. The minimum atomic E-state index is -2.31. The maximum absolute atomic E-state index is 6.26. The van der Waals surface area contributed by atoms with Crippen molar-refractivity contribution in [3.63, 3.8) is 0 Å². The van der Waals surface area contributed by atoms with Crippen LogP contribution in [-0.4, -0.2) is 5.16 Å². The zero-order valence-electron chi connectivity index (χ0n) is 13.8. The molecule has 0 unspecified atom stereocenters. The lowest BCUT2D eigenvalue weighted by molar-refractivity contribution is 0.449. The van der Waals surface area contributed by atoms with Crippen molar-refractivity contribution < 1.29 is 9.05 Å². The second-order valence-corrected chi connectivity index (χ2v) is 11.9. The normalized spacial score (nSPS) is 12.1. The third-order valence-electron chi connectivity index (χ3n) is 3.29. The maximum atomic E-state index is 6.26. The number of halogens is 1. The molecule has 0 spiro atoms. The van der Waals surface area contributed by atoms with Crippen molar-refractivity contribution in [1.82, 2.24) is 0 Å². The van der Waals surface area contributed by atoms with Crippen molar-refractivity contribution in [2.75, 3.05) is 0 Å². The molecule has 2 aromatic carbocycles. The van der Waals surface area contributed by atoms with Gasteiger partial charge in [0.15, 0.2) is 16.7 Å². The lowest BCUT2D eigenvalue weighted by Gasteiger charge is -2.28. The fraction of sp³-hybridized carbons (Fsp3) is 0.333. The van der Waals surface area contributed by atoms with E-state index in [9.17, 15) is 0 Å². The Labute approximate surface area is 142 Å². The molecule has 0 aliphatic carbocycles. The minimum absolute atomic E-state index is 0.164. The molecule has 2 rings (SSSR count). The van der Waals surface area contributed by atoms with Crippen molar-refractivity contribution in [3.05, 3.63) is 59.7 Å². The lowest BCUT2D eigenvalue weighted by Crippen LogP contribution is -2.24. The van der Waals surface area contributed by atoms with Gasteiger partial charge >= 0.3 is 6.42 Å². The SMILES string of the molecule is Cc1ccc(O[P+](Br)(Oc2ccc(C)cc2)C(C)(C)C)cc1. The van der Waals surface area contributed by atoms with Gasteiger partial charge in [0.25, 0.3) is 0 Å². The Hall–Kier alpha value is -1.05. The first-order chi connectivity index (χ1) is 10.2. The van der Waals surface area contributed by atoms with Gasteiger partial charge in [-0.25, -0.2) is 0 Å². The summed E-state index contributed by atoms with van der Waals surface area (Å²) >= 11 is 3.78. The molecule has 118 valence electrons. The summed E-state index contributed by atoms with van der Waals surface area (Å²) in [5.74, 6) is 1.63. The molecule has 0 aliphatic rings. The predicted molar refractivity (Wildman–Crippen MR) is 99.2 cm³/mol. The first-order valence-corrected chi connectivity index (χ1v) is 11.0. The number of benzene rings is 2. The van der Waals surface area contributed by atoms with Gasteiger partial charge in [-0.2, -0.15) is 0 Å². The van der Waals surface area contributed by atoms with Crippen LogP contribution in [0.4, 0.5) is 0 Å². The summed E-state index contributed by atoms with van der Waals surface area (Å²) in [6.45, 7) is 10.5. The monoisotopic (exact) mass is 381 g/mol. The van der Waals surface area contributed by atoms with Gasteiger partial charge in [-0.1, -0.05) is 35.4 Å². The Morgan fingerprint density at radius 2 is 1.05 bits per heavy atom. The van der Waals surface area contributed by atoms with E-state index in [1.165, 1.54) is 11.1 Å². The van der Waals surface area contributed by atoms with Gasteiger partial charge < -0.3 is 0 Å². The molecular formula is C18H23BrO2P+. The van der Waals surface area contributed by atoms with Crippen LogP contribution in [0.15, 0.2) is 48.5 Å². The zero-order chi connectivity index (χ0) is 16.4. The third kappa shape index (κ3) is 4.24. The average Bonchev–Trinajstić information content (AvgIpc) is 2.43. The van der Waals surface area contributed by atoms with Crippen molar-refractivity contribution in [2.24, 2.45) is 0 Å². The molecular weight excluding hydrogens is 359 g/mol. The first kappa shape index (κ1) is 17.3. The van der Waals surface area contributed by atoms with Crippen molar-refractivity contribution in [3.8, 4) is 11.5 Å². The molecule has 0 aromatic heterocycles. The van der Waals surface area contributed by atoms with Gasteiger partial charge in [-0.15, -0.1) is 0 Å². The summed E-state index contributed by atoms with van der Waals surface area (Å²) in [4.78, 5) is 0.